The third-order valence-electron chi connectivity index (χ3n) is 11.4. The van der Waals surface area contributed by atoms with E-state index in [1.54, 1.807) is 0 Å². The molecule has 1 saturated heterocycles. The van der Waals surface area contributed by atoms with Crippen molar-refractivity contribution in [2.75, 3.05) is 37.8 Å². The van der Waals surface area contributed by atoms with E-state index in [9.17, 15) is 0 Å². The zero-order valence-electron chi connectivity index (χ0n) is 30.1. The number of hydrogen-bond donors (Lipinski definition) is 0. The van der Waals surface area contributed by atoms with Gasteiger partial charge in [0, 0.05) is 51.7 Å². The van der Waals surface area contributed by atoms with Crippen molar-refractivity contribution in [3.05, 3.63) is 143 Å². The molecule has 0 saturated carbocycles. The van der Waals surface area contributed by atoms with Crippen molar-refractivity contribution in [2.45, 2.75) is 51.6 Å². The van der Waals surface area contributed by atoms with Gasteiger partial charge in [-0.15, -0.1) is 0 Å². The summed E-state index contributed by atoms with van der Waals surface area (Å²) in [4.78, 5) is 2.40. The predicted octanol–water partition coefficient (Wildman–Crippen LogP) is 11.0. The van der Waals surface area contributed by atoms with Crippen LogP contribution < -0.4 is 14.4 Å². The van der Waals surface area contributed by atoms with Crippen LogP contribution in [-0.4, -0.2) is 32.9 Å². The molecule has 0 spiro atoms. The Hall–Kier alpha value is -5.06. The lowest BCUT2D eigenvalue weighted by molar-refractivity contribution is 0.122. The molecule has 1 unspecified atom stereocenters. The molecule has 0 radical (unpaired) electrons. The van der Waals surface area contributed by atoms with Crippen molar-refractivity contribution >= 4 is 33.3 Å². The third kappa shape index (κ3) is 4.98. The van der Waals surface area contributed by atoms with Crippen molar-refractivity contribution in [1.82, 2.24) is 0 Å². The van der Waals surface area contributed by atoms with Crippen LogP contribution in [0.2, 0.25) is 0 Å². The smallest absolute Gasteiger partial charge is 0.178 e. The highest BCUT2D eigenvalue weighted by Crippen LogP contribution is 2.59. The molecule has 9 rings (SSSR count). The number of morpholine rings is 1. The van der Waals surface area contributed by atoms with Crippen LogP contribution in [0.5, 0.6) is 11.5 Å². The lowest BCUT2D eigenvalue weighted by Crippen LogP contribution is -2.37. The van der Waals surface area contributed by atoms with Gasteiger partial charge in [-0.05, 0) is 76.7 Å². The molecule has 3 aliphatic rings. The molecule has 2 heterocycles. The van der Waals surface area contributed by atoms with Gasteiger partial charge < -0.3 is 19.1 Å². The number of fused-ring (bicyclic) bond motifs is 10. The van der Waals surface area contributed by atoms with Gasteiger partial charge in [-0.25, -0.2) is 0 Å². The highest BCUT2D eigenvalue weighted by molar-refractivity contribution is 6.19. The summed E-state index contributed by atoms with van der Waals surface area (Å²) in [5.41, 5.74) is 10.2. The normalized spacial score (nSPS) is 18.7. The van der Waals surface area contributed by atoms with Crippen molar-refractivity contribution in [2.24, 2.45) is 0 Å². The Kier molecular flexibility index (Phi) is 7.70. The van der Waals surface area contributed by atoms with Gasteiger partial charge in [-0.1, -0.05) is 118 Å². The van der Waals surface area contributed by atoms with Crippen LogP contribution in [0.25, 0.3) is 38.7 Å². The molecular formula is C47H45NO3. The van der Waals surface area contributed by atoms with Gasteiger partial charge >= 0.3 is 0 Å². The maximum atomic E-state index is 7.72. The minimum absolute atomic E-state index is 0.213. The minimum atomic E-state index is -0.831. The second-order valence-electron chi connectivity index (χ2n) is 14.9. The average molecular weight is 672 g/mol. The summed E-state index contributed by atoms with van der Waals surface area (Å²) in [7, 11) is 0. The number of unbranched alkanes of at least 4 members (excludes halogenated alkanes) is 1. The lowest BCUT2D eigenvalue weighted by Gasteiger charge is -2.39. The van der Waals surface area contributed by atoms with Gasteiger partial charge in [0.1, 0.15) is 11.5 Å². The Morgan fingerprint density at radius 2 is 1.55 bits per heavy atom. The van der Waals surface area contributed by atoms with Crippen molar-refractivity contribution in [3.63, 3.8) is 0 Å². The number of rotatable bonds is 7. The van der Waals surface area contributed by atoms with E-state index < -0.39 is 5.60 Å². The van der Waals surface area contributed by atoms with E-state index in [4.69, 9.17) is 14.2 Å². The number of anilines is 1. The highest BCUT2D eigenvalue weighted by atomic mass is 16.5. The van der Waals surface area contributed by atoms with Crippen LogP contribution in [0, 0.1) is 6.92 Å². The fourth-order valence-electron chi connectivity index (χ4n) is 8.77. The van der Waals surface area contributed by atoms with Crippen molar-refractivity contribution in [1.29, 1.82) is 0 Å². The molecule has 0 aromatic heterocycles. The third-order valence-corrected chi connectivity index (χ3v) is 11.4. The summed E-state index contributed by atoms with van der Waals surface area (Å²) >= 11 is 0. The number of nitrogens with zero attached hydrogens (tertiary/aromatic N) is 1. The first-order valence-corrected chi connectivity index (χ1v) is 18.6. The van der Waals surface area contributed by atoms with Crippen LogP contribution in [0.3, 0.4) is 0 Å². The zero-order chi connectivity index (χ0) is 34.7. The maximum absolute atomic E-state index is 7.72. The van der Waals surface area contributed by atoms with E-state index in [2.05, 4.69) is 148 Å². The topological polar surface area (TPSA) is 30.9 Å². The second kappa shape index (κ2) is 12.3. The van der Waals surface area contributed by atoms with E-state index in [1.807, 2.05) is 0 Å². The molecule has 2 aliphatic heterocycles. The van der Waals surface area contributed by atoms with E-state index >= 15 is 0 Å². The van der Waals surface area contributed by atoms with Gasteiger partial charge in [0.15, 0.2) is 5.60 Å². The van der Waals surface area contributed by atoms with Crippen LogP contribution >= 0.6 is 0 Å². The van der Waals surface area contributed by atoms with E-state index in [1.165, 1.54) is 38.9 Å². The number of hydrogen-bond acceptors (Lipinski definition) is 4. The number of aryl methyl sites for hydroxylation is 1. The molecule has 256 valence electrons. The highest BCUT2D eigenvalue weighted by Gasteiger charge is 2.44. The molecule has 0 bridgehead atoms. The Bertz CT molecular complexity index is 2320. The summed E-state index contributed by atoms with van der Waals surface area (Å²) in [5.74, 6) is 1.86. The number of benzene rings is 6. The Labute approximate surface area is 301 Å². The Morgan fingerprint density at radius 1 is 0.784 bits per heavy atom. The van der Waals surface area contributed by atoms with Crippen molar-refractivity contribution < 1.29 is 14.2 Å². The van der Waals surface area contributed by atoms with Crippen LogP contribution in [0.1, 0.15) is 67.0 Å². The first-order valence-electron chi connectivity index (χ1n) is 18.6. The van der Waals surface area contributed by atoms with Gasteiger partial charge in [0.25, 0.3) is 0 Å². The molecule has 4 nitrogen and oxygen atoms in total. The van der Waals surface area contributed by atoms with Crippen LogP contribution in [-0.2, 0) is 15.8 Å². The lowest BCUT2D eigenvalue weighted by atomic mass is 9.76. The van der Waals surface area contributed by atoms with E-state index in [-0.39, 0.29) is 5.41 Å². The van der Waals surface area contributed by atoms with Gasteiger partial charge in [-0.2, -0.15) is 0 Å². The monoisotopic (exact) mass is 671 g/mol. The molecule has 4 heteroatoms. The summed E-state index contributed by atoms with van der Waals surface area (Å²) in [6.45, 7) is 13.2. The van der Waals surface area contributed by atoms with E-state index in [0.717, 1.165) is 83.5 Å². The summed E-state index contributed by atoms with van der Waals surface area (Å²) in [6, 6.07) is 37.7. The molecule has 6 aromatic rings. The standard InChI is InChI=1S/C47H45NO3/c1-5-6-27-50-41-14-10-13-36-35(41)21-22-38-42-37-20-15-31(2)30-40(37)46(3,4)44(42)39-23-24-47(51-45(39)43(36)38,32-11-8-7-9-12-32)33-16-18-34(19-17-33)48-25-28-49-29-26-48/h7-24,30H,5-6,25-29H2,1-4H3. The van der Waals surface area contributed by atoms with Crippen LogP contribution in [0.4, 0.5) is 5.69 Å². The first kappa shape index (κ1) is 31.9. The van der Waals surface area contributed by atoms with Crippen LogP contribution in [0.15, 0.2) is 109 Å². The molecule has 51 heavy (non-hydrogen) atoms. The molecule has 0 N–H and O–H groups in total. The quantitative estimate of drug-likeness (QED) is 0.125. The molecule has 1 atom stereocenters. The summed E-state index contributed by atoms with van der Waals surface area (Å²) in [5, 5.41) is 4.63. The Balaban J connectivity index is 1.32. The molecular weight excluding hydrogens is 627 g/mol. The second-order valence-corrected chi connectivity index (χ2v) is 14.9. The first-order chi connectivity index (χ1) is 24.9. The van der Waals surface area contributed by atoms with Gasteiger partial charge in [-0.3, -0.25) is 0 Å². The summed E-state index contributed by atoms with van der Waals surface area (Å²) < 4.78 is 19.8. The molecule has 0 amide bonds. The van der Waals surface area contributed by atoms with Crippen molar-refractivity contribution in [3.8, 4) is 22.6 Å². The van der Waals surface area contributed by atoms with E-state index in [0.29, 0.717) is 6.61 Å². The minimum Gasteiger partial charge on any atom is -0.493 e. The van der Waals surface area contributed by atoms with Gasteiger partial charge in [0.2, 0.25) is 0 Å². The predicted molar refractivity (Wildman–Crippen MR) is 211 cm³/mol. The molecule has 6 aromatic carbocycles. The SMILES string of the molecule is CCCCOc1cccc2c1ccc1c3c(c4c(c12)OC(c1ccccc1)(c1ccc(N2CCOCC2)cc1)C=C4)C(C)(C)c1cc(C)ccc1-3. The number of ether oxygens (including phenoxy) is 3. The fourth-order valence-corrected chi connectivity index (χ4v) is 8.77. The fraction of sp³-hybridized carbons (Fsp3) is 0.277. The Morgan fingerprint density at radius 3 is 2.33 bits per heavy atom. The maximum Gasteiger partial charge on any atom is 0.178 e. The van der Waals surface area contributed by atoms with Gasteiger partial charge in [0.05, 0.1) is 19.8 Å². The zero-order valence-corrected chi connectivity index (χ0v) is 30.1. The molecule has 1 fully saturated rings. The largest absolute Gasteiger partial charge is 0.493 e. The molecule has 1 aliphatic carbocycles. The summed E-state index contributed by atoms with van der Waals surface area (Å²) in [6.07, 6.45) is 6.78. The average Bonchev–Trinajstić information content (AvgIpc) is 3.41.